The lowest BCUT2D eigenvalue weighted by atomic mass is 9.84. The Hall–Kier alpha value is -2.14. The van der Waals surface area contributed by atoms with Crippen LogP contribution in [0.25, 0.3) is 0 Å². The molecule has 0 fully saturated rings. The maximum absolute atomic E-state index is 12.8. The number of aliphatic hydroxyl groups is 1. The largest absolute Gasteiger partial charge is 0.496 e. The van der Waals surface area contributed by atoms with E-state index in [0.717, 1.165) is 25.7 Å². The highest BCUT2D eigenvalue weighted by Gasteiger charge is 2.34. The van der Waals surface area contributed by atoms with Gasteiger partial charge in [-0.2, -0.15) is 0 Å². The summed E-state index contributed by atoms with van der Waals surface area (Å²) < 4.78 is 10.4. The predicted octanol–water partition coefficient (Wildman–Crippen LogP) is 3.34. The minimum absolute atomic E-state index is 0.135. The summed E-state index contributed by atoms with van der Waals surface area (Å²) in [5, 5.41) is 10.4. The molecule has 24 heavy (non-hydrogen) atoms. The number of benzene rings is 1. The Morgan fingerprint density at radius 3 is 2.21 bits per heavy atom. The number of allylic oxidation sites excluding steroid dienone is 1. The molecule has 1 atom stereocenters. The number of carbonyl (C=O) groups is 2. The number of carbonyl (C=O) groups excluding carboxylic acids is 2. The van der Waals surface area contributed by atoms with Crippen molar-refractivity contribution >= 4 is 11.6 Å². The molecule has 0 heterocycles. The van der Waals surface area contributed by atoms with E-state index in [1.807, 2.05) is 0 Å². The van der Waals surface area contributed by atoms with Gasteiger partial charge in [0.25, 0.3) is 0 Å². The number of ketones is 2. The molecule has 5 nitrogen and oxygen atoms in total. The van der Waals surface area contributed by atoms with Gasteiger partial charge >= 0.3 is 0 Å². The van der Waals surface area contributed by atoms with E-state index in [9.17, 15) is 14.7 Å². The van der Waals surface area contributed by atoms with Crippen LogP contribution in [0.5, 0.6) is 11.5 Å². The second-order valence-corrected chi connectivity index (χ2v) is 5.88. The van der Waals surface area contributed by atoms with E-state index in [0.29, 0.717) is 17.9 Å². The minimum Gasteiger partial charge on any atom is -0.496 e. The van der Waals surface area contributed by atoms with E-state index < -0.39 is 6.10 Å². The molecule has 0 aromatic heterocycles. The number of hydrogen-bond acceptors (Lipinski definition) is 5. The fraction of sp³-hybridized carbons (Fsp3) is 0.474. The quantitative estimate of drug-likeness (QED) is 0.739. The summed E-state index contributed by atoms with van der Waals surface area (Å²) in [6, 6.07) is 3.20. The van der Waals surface area contributed by atoms with Gasteiger partial charge in [0.05, 0.1) is 31.5 Å². The average molecular weight is 332 g/mol. The molecule has 1 aliphatic rings. The van der Waals surface area contributed by atoms with Crippen LogP contribution < -0.4 is 9.47 Å². The highest BCUT2D eigenvalue weighted by molar-refractivity contribution is 6.27. The summed E-state index contributed by atoms with van der Waals surface area (Å²) >= 11 is 0. The van der Waals surface area contributed by atoms with Crippen molar-refractivity contribution in [3.63, 3.8) is 0 Å². The number of methoxy groups -OCH3 is 2. The fourth-order valence-electron chi connectivity index (χ4n) is 2.97. The van der Waals surface area contributed by atoms with Gasteiger partial charge in [0.1, 0.15) is 11.5 Å². The van der Waals surface area contributed by atoms with Crippen LogP contribution in [0, 0.1) is 0 Å². The second kappa shape index (κ2) is 8.11. The maximum Gasteiger partial charge on any atom is 0.196 e. The molecule has 0 spiro atoms. The molecule has 0 saturated carbocycles. The second-order valence-electron chi connectivity index (χ2n) is 5.88. The fourth-order valence-corrected chi connectivity index (χ4v) is 2.97. The van der Waals surface area contributed by atoms with Gasteiger partial charge in [-0.15, -0.1) is 0 Å². The van der Waals surface area contributed by atoms with Crippen molar-refractivity contribution in [2.75, 3.05) is 14.2 Å². The number of hydrogen-bond donors (Lipinski definition) is 1. The number of aliphatic hydroxyl groups excluding tert-OH is 1. The van der Waals surface area contributed by atoms with Crippen LogP contribution in [0.1, 0.15) is 59.7 Å². The smallest absolute Gasteiger partial charge is 0.196 e. The molecule has 0 bridgehead atoms. The van der Waals surface area contributed by atoms with Crippen molar-refractivity contribution in [3.05, 3.63) is 34.9 Å². The Morgan fingerprint density at radius 1 is 1.00 bits per heavy atom. The molecule has 130 valence electrons. The van der Waals surface area contributed by atoms with Crippen LogP contribution in [0.3, 0.4) is 0 Å². The summed E-state index contributed by atoms with van der Waals surface area (Å²) in [7, 11) is 2.89. The molecular formula is C19H24O5. The number of fused-ring (bicyclic) bond motifs is 1. The number of ether oxygens (including phenoxy) is 2. The Labute approximate surface area is 142 Å². The van der Waals surface area contributed by atoms with Crippen molar-refractivity contribution in [3.8, 4) is 11.5 Å². The number of rotatable bonds is 8. The van der Waals surface area contributed by atoms with Gasteiger partial charge in [-0.1, -0.05) is 32.6 Å². The maximum atomic E-state index is 12.8. The molecule has 1 aliphatic carbocycles. The van der Waals surface area contributed by atoms with E-state index in [2.05, 4.69) is 6.92 Å². The lowest BCUT2D eigenvalue weighted by Gasteiger charge is -2.22. The van der Waals surface area contributed by atoms with Crippen molar-refractivity contribution in [1.29, 1.82) is 0 Å². The molecule has 5 heteroatoms. The summed E-state index contributed by atoms with van der Waals surface area (Å²) in [4.78, 5) is 25.3. The zero-order chi connectivity index (χ0) is 17.7. The van der Waals surface area contributed by atoms with Crippen LogP contribution in [0.15, 0.2) is 23.8 Å². The van der Waals surface area contributed by atoms with Gasteiger partial charge in [-0.05, 0) is 24.6 Å². The van der Waals surface area contributed by atoms with Crippen molar-refractivity contribution < 1.29 is 24.2 Å². The molecule has 1 aromatic carbocycles. The molecule has 1 aromatic rings. The van der Waals surface area contributed by atoms with Crippen molar-refractivity contribution in [1.82, 2.24) is 0 Å². The molecule has 0 amide bonds. The van der Waals surface area contributed by atoms with Crippen molar-refractivity contribution in [2.45, 2.75) is 45.1 Å². The number of unbranched alkanes of at least 4 members (excludes halogenated alkanes) is 3. The van der Waals surface area contributed by atoms with Gasteiger partial charge < -0.3 is 14.6 Å². The normalized spacial score (nSPS) is 14.9. The molecule has 0 radical (unpaired) electrons. The van der Waals surface area contributed by atoms with Crippen LogP contribution in [-0.4, -0.2) is 37.0 Å². The highest BCUT2D eigenvalue weighted by Crippen LogP contribution is 2.36. The zero-order valence-electron chi connectivity index (χ0n) is 14.4. The standard InChI is InChI=1S/C19H24O5/c1-4-5-6-7-8-13(20)12-11-14(21)17-15(23-2)9-10-16(24-3)18(17)19(12)22/h9-11,13,20H,4-8H2,1-3H3. The molecular weight excluding hydrogens is 308 g/mol. The third kappa shape index (κ3) is 3.51. The third-order valence-electron chi connectivity index (χ3n) is 4.28. The first-order valence-electron chi connectivity index (χ1n) is 8.28. The zero-order valence-corrected chi connectivity index (χ0v) is 14.4. The Morgan fingerprint density at radius 2 is 1.62 bits per heavy atom. The average Bonchev–Trinajstić information content (AvgIpc) is 2.60. The summed E-state index contributed by atoms with van der Waals surface area (Å²) in [5.74, 6) is -0.0730. The monoisotopic (exact) mass is 332 g/mol. The summed E-state index contributed by atoms with van der Waals surface area (Å²) in [6.07, 6.45) is 4.76. The lowest BCUT2D eigenvalue weighted by Crippen LogP contribution is -2.26. The highest BCUT2D eigenvalue weighted by atomic mass is 16.5. The van der Waals surface area contributed by atoms with E-state index >= 15 is 0 Å². The molecule has 0 saturated heterocycles. The summed E-state index contributed by atoms with van der Waals surface area (Å²) in [6.45, 7) is 2.11. The van der Waals surface area contributed by atoms with Gasteiger partial charge in [-0.25, -0.2) is 0 Å². The third-order valence-corrected chi connectivity index (χ3v) is 4.28. The Balaban J connectivity index is 2.32. The van der Waals surface area contributed by atoms with E-state index in [-0.39, 0.29) is 28.3 Å². The Bertz CT molecular complexity index is 660. The van der Waals surface area contributed by atoms with E-state index in [4.69, 9.17) is 9.47 Å². The molecule has 1 unspecified atom stereocenters. The van der Waals surface area contributed by atoms with Gasteiger partial charge in [0, 0.05) is 5.57 Å². The van der Waals surface area contributed by atoms with Crippen molar-refractivity contribution in [2.24, 2.45) is 0 Å². The van der Waals surface area contributed by atoms with Crippen LogP contribution in [0.4, 0.5) is 0 Å². The van der Waals surface area contributed by atoms with Gasteiger partial charge in [0.15, 0.2) is 11.6 Å². The SMILES string of the molecule is CCCCCCC(O)C1=CC(=O)c2c(OC)ccc(OC)c2C1=O. The van der Waals surface area contributed by atoms with Gasteiger partial charge in [0.2, 0.25) is 0 Å². The first kappa shape index (κ1) is 18.2. The summed E-state index contributed by atoms with van der Waals surface area (Å²) in [5.41, 5.74) is 0.506. The topological polar surface area (TPSA) is 72.8 Å². The Kier molecular flexibility index (Phi) is 6.15. The van der Waals surface area contributed by atoms with Crippen LogP contribution in [-0.2, 0) is 0 Å². The minimum atomic E-state index is -0.942. The number of Topliss-reactive ketones (excluding diaryl/α,β-unsaturated/α-hetero) is 1. The van der Waals surface area contributed by atoms with Crippen LogP contribution >= 0.6 is 0 Å². The van der Waals surface area contributed by atoms with Gasteiger partial charge in [-0.3, -0.25) is 9.59 Å². The molecule has 2 rings (SSSR count). The molecule has 1 N–H and O–H groups in total. The van der Waals surface area contributed by atoms with Crippen LogP contribution in [0.2, 0.25) is 0 Å². The lowest BCUT2D eigenvalue weighted by molar-refractivity contribution is 0.0936. The molecule has 0 aliphatic heterocycles. The predicted molar refractivity (Wildman–Crippen MR) is 91.1 cm³/mol. The first-order valence-corrected chi connectivity index (χ1v) is 8.28. The first-order chi connectivity index (χ1) is 11.5. The van der Waals surface area contributed by atoms with E-state index in [1.165, 1.54) is 20.3 Å². The van der Waals surface area contributed by atoms with E-state index in [1.54, 1.807) is 12.1 Å².